The maximum atomic E-state index is 12.3. The van der Waals surface area contributed by atoms with Crippen LogP contribution in [0.2, 0.25) is 0 Å². The van der Waals surface area contributed by atoms with Gasteiger partial charge >= 0.3 is 0 Å². The molecule has 0 aliphatic heterocycles. The number of nitrogens with zero attached hydrogens (tertiary/aromatic N) is 2. The molecular weight excluding hydrogens is 410 g/mol. The van der Waals surface area contributed by atoms with Crippen LogP contribution in [0.1, 0.15) is 30.3 Å². The van der Waals surface area contributed by atoms with Gasteiger partial charge in [-0.25, -0.2) is 4.98 Å². The maximum absolute atomic E-state index is 12.3. The van der Waals surface area contributed by atoms with Crippen molar-refractivity contribution in [1.82, 2.24) is 14.9 Å². The summed E-state index contributed by atoms with van der Waals surface area (Å²) in [4.78, 5) is 17.1. The van der Waals surface area contributed by atoms with Gasteiger partial charge in [0.15, 0.2) is 0 Å². The third-order valence-electron chi connectivity index (χ3n) is 5.74. The van der Waals surface area contributed by atoms with E-state index in [4.69, 9.17) is 9.72 Å². The second-order valence-electron chi connectivity index (χ2n) is 8.13. The Morgan fingerprint density at radius 3 is 2.48 bits per heavy atom. The van der Waals surface area contributed by atoms with Crippen molar-refractivity contribution in [3.63, 3.8) is 0 Å². The Hall–Kier alpha value is -3.60. The number of para-hydroxylation sites is 2. The van der Waals surface area contributed by atoms with E-state index in [9.17, 15) is 4.79 Å². The molecule has 0 aliphatic carbocycles. The number of rotatable bonds is 11. The van der Waals surface area contributed by atoms with E-state index < -0.39 is 0 Å². The van der Waals surface area contributed by atoms with E-state index in [0.29, 0.717) is 26.0 Å². The largest absolute Gasteiger partial charge is 0.494 e. The Bertz CT molecular complexity index is 1170. The number of fused-ring (bicyclic) bond motifs is 1. The van der Waals surface area contributed by atoms with E-state index >= 15 is 0 Å². The van der Waals surface area contributed by atoms with E-state index in [0.717, 1.165) is 47.6 Å². The van der Waals surface area contributed by atoms with Gasteiger partial charge in [-0.3, -0.25) is 4.79 Å². The fraction of sp³-hybridized carbons (Fsp3) is 0.286. The minimum absolute atomic E-state index is 0.0337. The van der Waals surface area contributed by atoms with E-state index in [1.807, 2.05) is 60.7 Å². The molecule has 0 aliphatic rings. The summed E-state index contributed by atoms with van der Waals surface area (Å²) in [5.41, 5.74) is 4.44. The first-order chi connectivity index (χ1) is 16.2. The van der Waals surface area contributed by atoms with Gasteiger partial charge in [-0.05, 0) is 48.2 Å². The van der Waals surface area contributed by atoms with Crippen LogP contribution in [0.15, 0.2) is 78.9 Å². The number of carbonyl (C=O) groups excluding carboxylic acids is 1. The minimum Gasteiger partial charge on any atom is -0.494 e. The Morgan fingerprint density at radius 1 is 0.939 bits per heavy atom. The summed E-state index contributed by atoms with van der Waals surface area (Å²) in [6.07, 6.45) is 3.00. The third-order valence-corrected chi connectivity index (χ3v) is 5.74. The number of ether oxygens (including phenoxy) is 1. The zero-order chi connectivity index (χ0) is 22.9. The quantitative estimate of drug-likeness (QED) is 0.334. The lowest BCUT2D eigenvalue weighted by atomic mass is 10.1. The number of benzene rings is 3. The van der Waals surface area contributed by atoms with Gasteiger partial charge in [0.05, 0.1) is 24.1 Å². The fourth-order valence-electron chi connectivity index (χ4n) is 3.96. The van der Waals surface area contributed by atoms with E-state index in [2.05, 4.69) is 35.0 Å². The molecule has 1 amide bonds. The topological polar surface area (TPSA) is 56.1 Å². The molecule has 1 aromatic heterocycles. The first kappa shape index (κ1) is 22.6. The van der Waals surface area contributed by atoms with Gasteiger partial charge in [-0.2, -0.15) is 0 Å². The number of imidazole rings is 1. The van der Waals surface area contributed by atoms with Crippen LogP contribution in [0, 0.1) is 0 Å². The van der Waals surface area contributed by atoms with Crippen molar-refractivity contribution in [3.05, 3.63) is 95.8 Å². The van der Waals surface area contributed by atoms with Crippen molar-refractivity contribution in [2.24, 2.45) is 0 Å². The SMILES string of the molecule is CCc1ccc(OCCCn2c(CCNC(=O)Cc3ccccc3)nc3ccccc32)cc1. The lowest BCUT2D eigenvalue weighted by molar-refractivity contribution is -0.120. The molecule has 0 bridgehead atoms. The van der Waals surface area contributed by atoms with Crippen LogP contribution in [-0.4, -0.2) is 28.6 Å². The monoisotopic (exact) mass is 441 g/mol. The van der Waals surface area contributed by atoms with Crippen LogP contribution in [0.4, 0.5) is 0 Å². The first-order valence-electron chi connectivity index (χ1n) is 11.7. The summed E-state index contributed by atoms with van der Waals surface area (Å²) in [7, 11) is 0. The van der Waals surface area contributed by atoms with Crippen molar-refractivity contribution in [2.75, 3.05) is 13.2 Å². The standard InChI is InChI=1S/C28H31N3O2/c1-2-22-13-15-24(16-14-22)33-20-8-19-31-26-12-7-6-11-25(26)30-27(31)17-18-29-28(32)21-23-9-4-3-5-10-23/h3-7,9-16H,2,8,17-21H2,1H3,(H,29,32). The molecular formula is C28H31N3O2. The number of amides is 1. The smallest absolute Gasteiger partial charge is 0.224 e. The molecule has 0 radical (unpaired) electrons. The Balaban J connectivity index is 1.32. The molecule has 0 spiro atoms. The Morgan fingerprint density at radius 2 is 1.70 bits per heavy atom. The zero-order valence-corrected chi connectivity index (χ0v) is 19.2. The molecule has 3 aromatic carbocycles. The molecule has 0 saturated carbocycles. The zero-order valence-electron chi connectivity index (χ0n) is 19.2. The van der Waals surface area contributed by atoms with Crippen molar-refractivity contribution in [1.29, 1.82) is 0 Å². The third kappa shape index (κ3) is 6.22. The molecule has 0 unspecified atom stereocenters. The predicted molar refractivity (Wildman–Crippen MR) is 133 cm³/mol. The Kier molecular flexibility index (Phi) is 7.75. The molecule has 1 heterocycles. The first-order valence-corrected chi connectivity index (χ1v) is 11.7. The van der Waals surface area contributed by atoms with E-state index in [-0.39, 0.29) is 5.91 Å². The van der Waals surface area contributed by atoms with Gasteiger partial charge in [0.25, 0.3) is 0 Å². The van der Waals surface area contributed by atoms with Crippen LogP contribution in [0.25, 0.3) is 11.0 Å². The van der Waals surface area contributed by atoms with Crippen LogP contribution < -0.4 is 10.1 Å². The number of carbonyl (C=O) groups is 1. The number of aromatic nitrogens is 2. The second kappa shape index (κ2) is 11.3. The summed E-state index contributed by atoms with van der Waals surface area (Å²) < 4.78 is 8.19. The summed E-state index contributed by atoms with van der Waals surface area (Å²) >= 11 is 0. The summed E-state index contributed by atoms with van der Waals surface area (Å²) in [6.45, 7) is 4.18. The van der Waals surface area contributed by atoms with Crippen LogP contribution in [-0.2, 0) is 30.6 Å². The highest BCUT2D eigenvalue weighted by atomic mass is 16.5. The molecule has 170 valence electrons. The average molecular weight is 442 g/mol. The molecule has 4 rings (SSSR count). The van der Waals surface area contributed by atoms with Crippen molar-refractivity contribution < 1.29 is 9.53 Å². The molecule has 0 saturated heterocycles. The van der Waals surface area contributed by atoms with Gasteiger partial charge in [0, 0.05) is 19.5 Å². The van der Waals surface area contributed by atoms with Gasteiger partial charge in [0.2, 0.25) is 5.91 Å². The Labute approximate surface area is 195 Å². The molecule has 33 heavy (non-hydrogen) atoms. The van der Waals surface area contributed by atoms with Gasteiger partial charge in [0.1, 0.15) is 11.6 Å². The predicted octanol–water partition coefficient (Wildman–Crippen LogP) is 4.97. The molecule has 0 atom stereocenters. The number of hydrogen-bond acceptors (Lipinski definition) is 3. The minimum atomic E-state index is 0.0337. The van der Waals surface area contributed by atoms with Crippen LogP contribution in [0.5, 0.6) is 5.75 Å². The number of hydrogen-bond donors (Lipinski definition) is 1. The van der Waals surface area contributed by atoms with Crippen molar-refractivity contribution in [2.45, 2.75) is 39.2 Å². The second-order valence-corrected chi connectivity index (χ2v) is 8.13. The summed E-state index contributed by atoms with van der Waals surface area (Å²) in [6, 6.07) is 26.3. The molecule has 5 nitrogen and oxygen atoms in total. The summed E-state index contributed by atoms with van der Waals surface area (Å²) in [5.74, 6) is 1.93. The van der Waals surface area contributed by atoms with Gasteiger partial charge in [-0.1, -0.05) is 61.5 Å². The van der Waals surface area contributed by atoms with Gasteiger partial charge < -0.3 is 14.6 Å². The van der Waals surface area contributed by atoms with E-state index in [1.165, 1.54) is 5.56 Å². The average Bonchev–Trinajstić information content (AvgIpc) is 3.20. The molecule has 4 aromatic rings. The lowest BCUT2D eigenvalue weighted by Crippen LogP contribution is -2.28. The number of nitrogens with one attached hydrogen (secondary N) is 1. The van der Waals surface area contributed by atoms with Crippen LogP contribution in [0.3, 0.4) is 0 Å². The molecule has 5 heteroatoms. The highest BCUT2D eigenvalue weighted by Gasteiger charge is 2.11. The van der Waals surface area contributed by atoms with Crippen LogP contribution >= 0.6 is 0 Å². The highest BCUT2D eigenvalue weighted by molar-refractivity contribution is 5.78. The lowest BCUT2D eigenvalue weighted by Gasteiger charge is -2.11. The summed E-state index contributed by atoms with van der Waals surface area (Å²) in [5, 5.41) is 3.03. The fourth-order valence-corrected chi connectivity index (χ4v) is 3.96. The van der Waals surface area contributed by atoms with E-state index in [1.54, 1.807) is 0 Å². The van der Waals surface area contributed by atoms with Crippen molar-refractivity contribution >= 4 is 16.9 Å². The maximum Gasteiger partial charge on any atom is 0.224 e. The van der Waals surface area contributed by atoms with Gasteiger partial charge in [-0.15, -0.1) is 0 Å². The normalized spacial score (nSPS) is 10.9. The molecule has 0 fully saturated rings. The van der Waals surface area contributed by atoms with Crippen molar-refractivity contribution in [3.8, 4) is 5.75 Å². The number of aryl methyl sites for hydroxylation is 2. The highest BCUT2D eigenvalue weighted by Crippen LogP contribution is 2.18. The molecule has 1 N–H and O–H groups in total.